The van der Waals surface area contributed by atoms with Crippen molar-refractivity contribution in [2.45, 2.75) is 19.5 Å². The van der Waals surface area contributed by atoms with Crippen molar-refractivity contribution in [2.24, 2.45) is 5.10 Å². The first-order valence-electron chi connectivity index (χ1n) is 13.3. The van der Waals surface area contributed by atoms with Gasteiger partial charge in [-0.2, -0.15) is 10.1 Å². The molecule has 204 valence electrons. The number of carbonyl (C=O) groups excluding carboxylic acids is 2. The molecular weight excluding hydrogens is 502 g/mol. The second-order valence-electron chi connectivity index (χ2n) is 9.60. The second kappa shape index (κ2) is 11.6. The van der Waals surface area contributed by atoms with Crippen molar-refractivity contribution < 1.29 is 14.3 Å². The molecule has 0 aliphatic carbocycles. The van der Waals surface area contributed by atoms with E-state index < -0.39 is 11.6 Å². The molecule has 40 heavy (non-hydrogen) atoms. The molecule has 1 atom stereocenters. The van der Waals surface area contributed by atoms with E-state index in [0.717, 1.165) is 35.1 Å². The van der Waals surface area contributed by atoms with Gasteiger partial charge in [0.15, 0.2) is 0 Å². The number of nitrogens with one attached hydrogen (secondary N) is 2. The minimum absolute atomic E-state index is 0.364. The Morgan fingerprint density at radius 2 is 1.65 bits per heavy atom. The van der Waals surface area contributed by atoms with Gasteiger partial charge in [-0.15, -0.1) is 0 Å². The van der Waals surface area contributed by atoms with Crippen molar-refractivity contribution in [3.8, 4) is 0 Å². The van der Waals surface area contributed by atoms with E-state index in [0.29, 0.717) is 23.7 Å². The Morgan fingerprint density at radius 3 is 2.35 bits per heavy atom. The number of anilines is 3. The van der Waals surface area contributed by atoms with E-state index in [2.05, 4.69) is 22.5 Å². The lowest BCUT2D eigenvalue weighted by molar-refractivity contribution is -0.127. The molecule has 8 heteroatoms. The van der Waals surface area contributed by atoms with E-state index in [9.17, 15) is 9.59 Å². The van der Waals surface area contributed by atoms with Crippen LogP contribution >= 0.6 is 0 Å². The van der Waals surface area contributed by atoms with E-state index in [4.69, 9.17) is 9.84 Å². The summed E-state index contributed by atoms with van der Waals surface area (Å²) >= 11 is 0. The molecule has 0 saturated carbocycles. The number of likely N-dealkylation sites (N-methyl/N-ethyl adjacent to an activating group) is 1. The monoisotopic (exact) mass is 535 g/mol. The molecule has 0 saturated heterocycles. The number of fused-ring (bicyclic) bond motifs is 1. The summed E-state index contributed by atoms with van der Waals surface area (Å²) in [5.41, 5.74) is 1.81. The molecule has 1 aliphatic rings. The molecule has 4 aromatic carbocycles. The lowest BCUT2D eigenvalue weighted by Gasteiger charge is -2.32. The number of amides is 2. The first-order chi connectivity index (χ1) is 19.5. The van der Waals surface area contributed by atoms with E-state index in [1.165, 1.54) is 11.9 Å². The smallest absolute Gasteiger partial charge is 0.300 e. The second-order valence-corrected chi connectivity index (χ2v) is 9.60. The summed E-state index contributed by atoms with van der Waals surface area (Å²) in [6.07, 6.45) is 0. The molecule has 2 N–H and O–H groups in total. The summed E-state index contributed by atoms with van der Waals surface area (Å²) in [7, 11) is 1.69. The molecule has 0 spiro atoms. The Kier molecular flexibility index (Phi) is 7.79. The number of methoxy groups -OCH3 is 1. The fourth-order valence-corrected chi connectivity index (χ4v) is 5.08. The van der Waals surface area contributed by atoms with Crippen LogP contribution in [0.1, 0.15) is 19.4 Å². The van der Waals surface area contributed by atoms with E-state index in [-0.39, 0.29) is 5.91 Å². The predicted octanol–water partition coefficient (Wildman–Crippen LogP) is 5.01. The Bertz CT molecular complexity index is 1530. The molecule has 4 aromatic rings. The van der Waals surface area contributed by atoms with Gasteiger partial charge in [-0.3, -0.25) is 9.59 Å². The Balaban J connectivity index is 1.63. The number of carbonyl (C=O) groups is 2. The van der Waals surface area contributed by atoms with Crippen molar-refractivity contribution >= 4 is 45.4 Å². The van der Waals surface area contributed by atoms with Crippen molar-refractivity contribution in [1.82, 2.24) is 5.32 Å². The van der Waals surface area contributed by atoms with E-state index >= 15 is 0 Å². The summed E-state index contributed by atoms with van der Waals surface area (Å²) in [6, 6.07) is 30.8. The average Bonchev–Trinajstić information content (AvgIpc) is 3.24. The highest BCUT2D eigenvalue weighted by Crippen LogP contribution is 2.34. The molecule has 1 unspecified atom stereocenters. The standard InChI is InChI=1S/C32H33N5O3/c1-4-36(21-22-40-3)26-19-17-25(18-20-26)34-32(33-23(2)38)30(29-16-10-12-24-11-8-9-15-28(24)29)35-37(31(32)39)27-13-6-5-7-14-27/h5-20,34H,4,21-22H2,1-3H3,(H,33,38). The van der Waals surface area contributed by atoms with Gasteiger partial charge < -0.3 is 20.3 Å². The maximum atomic E-state index is 14.3. The maximum absolute atomic E-state index is 14.3. The van der Waals surface area contributed by atoms with Crippen LogP contribution in [-0.4, -0.2) is 50.0 Å². The summed E-state index contributed by atoms with van der Waals surface area (Å²) in [6.45, 7) is 5.71. The van der Waals surface area contributed by atoms with Crippen molar-refractivity contribution in [1.29, 1.82) is 0 Å². The van der Waals surface area contributed by atoms with Crippen LogP contribution < -0.4 is 20.5 Å². The van der Waals surface area contributed by atoms with Crippen molar-refractivity contribution in [3.63, 3.8) is 0 Å². The molecule has 0 fully saturated rings. The highest BCUT2D eigenvalue weighted by atomic mass is 16.5. The first kappa shape index (κ1) is 26.9. The fourth-order valence-electron chi connectivity index (χ4n) is 5.08. The third-order valence-electron chi connectivity index (χ3n) is 6.99. The quantitative estimate of drug-likeness (QED) is 0.279. The van der Waals surface area contributed by atoms with Gasteiger partial charge in [0.25, 0.3) is 0 Å². The zero-order chi connectivity index (χ0) is 28.1. The van der Waals surface area contributed by atoms with Gasteiger partial charge in [0, 0.05) is 44.1 Å². The summed E-state index contributed by atoms with van der Waals surface area (Å²) in [5, 5.41) is 14.5. The summed E-state index contributed by atoms with van der Waals surface area (Å²) in [4.78, 5) is 29.3. The Hall–Kier alpha value is -4.69. The van der Waals surface area contributed by atoms with Gasteiger partial charge in [-0.25, -0.2) is 0 Å². The van der Waals surface area contributed by atoms with Gasteiger partial charge in [0.05, 0.1) is 12.3 Å². The molecule has 0 radical (unpaired) electrons. The van der Waals surface area contributed by atoms with Crippen molar-refractivity contribution in [3.05, 3.63) is 103 Å². The molecule has 1 aliphatic heterocycles. The fraction of sp³-hybridized carbons (Fsp3) is 0.219. The number of nitrogens with zero attached hydrogens (tertiary/aromatic N) is 3. The number of rotatable bonds is 10. The van der Waals surface area contributed by atoms with Crippen LogP contribution in [0.4, 0.5) is 17.1 Å². The highest BCUT2D eigenvalue weighted by molar-refractivity contribution is 6.33. The molecule has 2 amide bonds. The van der Waals surface area contributed by atoms with E-state index in [1.807, 2.05) is 97.1 Å². The van der Waals surface area contributed by atoms with Gasteiger partial charge >= 0.3 is 5.91 Å². The Morgan fingerprint density at radius 1 is 0.950 bits per heavy atom. The minimum Gasteiger partial charge on any atom is -0.383 e. The SMILES string of the molecule is CCN(CCOC)c1ccc(NC2(NC(C)=O)C(=O)N(c3ccccc3)N=C2c2cccc3ccccc23)cc1. The van der Waals surface area contributed by atoms with Crippen LogP contribution in [0.5, 0.6) is 0 Å². The number of hydrogen-bond acceptors (Lipinski definition) is 6. The van der Waals surface area contributed by atoms with Gasteiger partial charge in [-0.1, -0.05) is 60.7 Å². The number of para-hydroxylation sites is 1. The van der Waals surface area contributed by atoms with Crippen LogP contribution in [0.2, 0.25) is 0 Å². The van der Waals surface area contributed by atoms with Gasteiger partial charge in [0.1, 0.15) is 5.71 Å². The predicted molar refractivity (Wildman–Crippen MR) is 161 cm³/mol. The molecule has 1 heterocycles. The van der Waals surface area contributed by atoms with Crippen LogP contribution in [0, 0.1) is 0 Å². The molecular formula is C32H33N5O3. The lowest BCUT2D eigenvalue weighted by Crippen LogP contribution is -2.64. The first-order valence-corrected chi connectivity index (χ1v) is 13.3. The topological polar surface area (TPSA) is 86.3 Å². The summed E-state index contributed by atoms with van der Waals surface area (Å²) in [5.74, 6) is -0.770. The van der Waals surface area contributed by atoms with E-state index in [1.54, 1.807) is 7.11 Å². The number of ether oxygens (including phenoxy) is 1. The maximum Gasteiger partial charge on any atom is 0.300 e. The zero-order valence-corrected chi connectivity index (χ0v) is 22.9. The molecule has 5 rings (SSSR count). The third-order valence-corrected chi connectivity index (χ3v) is 6.99. The van der Waals surface area contributed by atoms with Gasteiger partial charge in [-0.05, 0) is 54.1 Å². The lowest BCUT2D eigenvalue weighted by atomic mass is 9.92. The Labute approximate surface area is 234 Å². The van der Waals surface area contributed by atoms with Crippen LogP contribution in [-0.2, 0) is 14.3 Å². The van der Waals surface area contributed by atoms with Gasteiger partial charge in [0.2, 0.25) is 11.6 Å². The number of benzene rings is 4. The largest absolute Gasteiger partial charge is 0.383 e. The number of hydrogen-bond donors (Lipinski definition) is 2. The molecule has 0 bridgehead atoms. The van der Waals surface area contributed by atoms with Crippen molar-refractivity contribution in [2.75, 3.05) is 42.0 Å². The van der Waals surface area contributed by atoms with Crippen LogP contribution in [0.3, 0.4) is 0 Å². The zero-order valence-electron chi connectivity index (χ0n) is 22.9. The van der Waals surface area contributed by atoms with Crippen LogP contribution in [0.15, 0.2) is 102 Å². The highest BCUT2D eigenvalue weighted by Gasteiger charge is 2.53. The van der Waals surface area contributed by atoms with Crippen LogP contribution in [0.25, 0.3) is 10.8 Å². The summed E-state index contributed by atoms with van der Waals surface area (Å²) < 4.78 is 5.25. The molecule has 8 nitrogen and oxygen atoms in total. The normalized spacial score (nSPS) is 16.6. The third kappa shape index (κ3) is 5.13. The average molecular weight is 536 g/mol. The molecule has 0 aromatic heterocycles. The minimum atomic E-state index is -1.65. The number of hydrazone groups is 1.